The van der Waals surface area contributed by atoms with Gasteiger partial charge in [-0.25, -0.2) is 0 Å². The van der Waals surface area contributed by atoms with Crippen molar-refractivity contribution in [2.45, 2.75) is 79.1 Å². The van der Waals surface area contributed by atoms with Crippen molar-refractivity contribution < 1.29 is 27.2 Å². The molecule has 0 atom stereocenters. The number of hydrogen-bond acceptors (Lipinski definition) is 0. The van der Waals surface area contributed by atoms with E-state index < -0.39 is 0 Å². The van der Waals surface area contributed by atoms with E-state index in [1.807, 2.05) is 0 Å². The summed E-state index contributed by atoms with van der Waals surface area (Å²) in [5, 5.41) is 0. The topological polar surface area (TPSA) is 31.5 Å². The van der Waals surface area contributed by atoms with Crippen LogP contribution in [0.25, 0.3) is 0 Å². The summed E-state index contributed by atoms with van der Waals surface area (Å²) in [6.45, 7) is 22.9. The predicted octanol–water partition coefficient (Wildman–Crippen LogP) is 5.66. The van der Waals surface area contributed by atoms with Crippen LogP contribution in [0.15, 0.2) is 0 Å². The van der Waals surface area contributed by atoms with Crippen LogP contribution >= 0.6 is 0 Å². The Kier molecular flexibility index (Phi) is 132. The largest absolute Gasteiger partial charge is 4.00 e. The zero-order chi connectivity index (χ0) is 13.7. The van der Waals surface area contributed by atoms with Crippen LogP contribution in [0.4, 0.5) is 0 Å². The number of hydrogen-bond donors (Lipinski definition) is 0. The van der Waals surface area contributed by atoms with E-state index in [0.29, 0.717) is 0 Å². The van der Waals surface area contributed by atoms with Crippen molar-refractivity contribution in [1.29, 1.82) is 0 Å². The Hall–Kier alpha value is 0.674. The third-order valence-corrected chi connectivity index (χ3v) is 1.41. The van der Waals surface area contributed by atoms with E-state index in [1.165, 1.54) is 25.7 Å². The third kappa shape index (κ3) is 187. The Labute approximate surface area is 134 Å². The molecular formula is C16H38OTi. The first kappa shape index (κ1) is 36.3. The quantitative estimate of drug-likeness (QED) is 0.473. The first-order valence-corrected chi connectivity index (χ1v) is 6.83. The summed E-state index contributed by atoms with van der Waals surface area (Å²) in [4.78, 5) is 0. The minimum atomic E-state index is 0. The average molecular weight is 294 g/mol. The van der Waals surface area contributed by atoms with Gasteiger partial charge in [-0.15, -0.1) is 0 Å². The van der Waals surface area contributed by atoms with E-state index in [2.05, 4.69) is 55.4 Å². The maximum absolute atomic E-state index is 3.60. The van der Waals surface area contributed by atoms with Crippen molar-refractivity contribution in [3.63, 3.8) is 0 Å². The van der Waals surface area contributed by atoms with E-state index in [-0.39, 0.29) is 27.2 Å². The maximum Gasteiger partial charge on any atom is 4.00 e. The van der Waals surface area contributed by atoms with Gasteiger partial charge in [-0.2, -0.15) is 25.7 Å². The average Bonchev–Trinajstić information content (AvgIpc) is 2.39. The predicted molar refractivity (Wildman–Crippen MR) is 84.7 cm³/mol. The van der Waals surface area contributed by atoms with Crippen LogP contribution in [0.2, 0.25) is 0 Å². The van der Waals surface area contributed by atoms with Gasteiger partial charge in [0.05, 0.1) is 0 Å². The van der Waals surface area contributed by atoms with Crippen LogP contribution in [0.3, 0.4) is 0 Å². The summed E-state index contributed by atoms with van der Waals surface area (Å²) in [5.74, 6) is 0. The molecular weight excluding hydrogens is 256 g/mol. The summed E-state index contributed by atoms with van der Waals surface area (Å²) in [7, 11) is 0. The van der Waals surface area contributed by atoms with E-state index in [1.54, 1.807) is 0 Å². The van der Waals surface area contributed by atoms with Gasteiger partial charge < -0.3 is 33.2 Å². The molecule has 2 N–H and O–H groups in total. The van der Waals surface area contributed by atoms with Gasteiger partial charge in [0.25, 0.3) is 0 Å². The summed E-state index contributed by atoms with van der Waals surface area (Å²) in [6, 6.07) is 0. The Morgan fingerprint density at radius 2 is 0.556 bits per heavy atom. The SMILES string of the molecule is O.[CH2-]CCC.[CH2-]CCC.[CH2-]CCC.[CH2-]CCC.[Ti+4]. The van der Waals surface area contributed by atoms with E-state index in [0.717, 1.165) is 25.7 Å². The van der Waals surface area contributed by atoms with E-state index >= 15 is 0 Å². The first-order valence-electron chi connectivity index (χ1n) is 6.83. The normalized spacial score (nSPS) is 6.67. The van der Waals surface area contributed by atoms with Crippen molar-refractivity contribution >= 4 is 0 Å². The summed E-state index contributed by atoms with van der Waals surface area (Å²) < 4.78 is 0. The molecule has 0 aromatic rings. The molecule has 0 aliphatic heterocycles. The van der Waals surface area contributed by atoms with Crippen LogP contribution in [0.1, 0.15) is 79.1 Å². The molecule has 0 aliphatic rings. The second kappa shape index (κ2) is 65.3. The smallest absolute Gasteiger partial charge is 0.412 e. The Bertz CT molecular complexity index is 35.1. The fourth-order valence-corrected chi connectivity index (χ4v) is 0. The molecule has 0 radical (unpaired) electrons. The van der Waals surface area contributed by atoms with Gasteiger partial charge in [-0.1, -0.05) is 53.4 Å². The molecule has 0 amide bonds. The molecule has 0 saturated carbocycles. The molecule has 18 heavy (non-hydrogen) atoms. The molecule has 0 heterocycles. The molecule has 0 unspecified atom stereocenters. The molecule has 0 aromatic heterocycles. The Morgan fingerprint density at radius 3 is 0.556 bits per heavy atom. The maximum atomic E-state index is 3.60. The Balaban J connectivity index is -0.0000000257. The van der Waals surface area contributed by atoms with Crippen molar-refractivity contribution in [3.05, 3.63) is 27.7 Å². The van der Waals surface area contributed by atoms with Crippen molar-refractivity contribution in [2.75, 3.05) is 0 Å². The van der Waals surface area contributed by atoms with Crippen molar-refractivity contribution in [1.82, 2.24) is 0 Å². The third-order valence-electron chi connectivity index (χ3n) is 1.41. The standard InChI is InChI=1S/4C4H9.H2O.Ti/c4*1-3-4-2;;/h4*1,3-4H2,2H3;1H2;/q4*-1;;+4. The van der Waals surface area contributed by atoms with Crippen molar-refractivity contribution in [2.24, 2.45) is 0 Å². The minimum Gasteiger partial charge on any atom is -0.412 e. The number of rotatable bonds is 4. The molecule has 0 fully saturated rings. The van der Waals surface area contributed by atoms with Crippen LogP contribution in [-0.2, 0) is 21.7 Å². The molecule has 0 spiro atoms. The van der Waals surface area contributed by atoms with Gasteiger partial charge >= 0.3 is 21.7 Å². The van der Waals surface area contributed by atoms with Gasteiger partial charge in [-0.3, -0.25) is 0 Å². The molecule has 2 heteroatoms. The molecule has 0 aromatic carbocycles. The summed E-state index contributed by atoms with van der Waals surface area (Å²) in [5.41, 5.74) is 0. The second-order valence-corrected chi connectivity index (χ2v) is 3.41. The summed E-state index contributed by atoms with van der Waals surface area (Å²) in [6.07, 6.45) is 9.11. The van der Waals surface area contributed by atoms with Gasteiger partial charge in [-0.05, 0) is 0 Å². The fourth-order valence-electron chi connectivity index (χ4n) is 0. The van der Waals surface area contributed by atoms with Crippen LogP contribution in [-0.4, -0.2) is 5.48 Å². The molecule has 0 rings (SSSR count). The van der Waals surface area contributed by atoms with Crippen molar-refractivity contribution in [3.8, 4) is 0 Å². The van der Waals surface area contributed by atoms with Gasteiger partial charge in [0.2, 0.25) is 0 Å². The zero-order valence-corrected chi connectivity index (χ0v) is 15.0. The van der Waals surface area contributed by atoms with Crippen LogP contribution in [0.5, 0.6) is 0 Å². The minimum absolute atomic E-state index is 0. The Morgan fingerprint density at radius 1 is 0.500 bits per heavy atom. The van der Waals surface area contributed by atoms with E-state index in [9.17, 15) is 0 Å². The van der Waals surface area contributed by atoms with Gasteiger partial charge in [0.1, 0.15) is 0 Å². The van der Waals surface area contributed by atoms with E-state index in [4.69, 9.17) is 0 Å². The zero-order valence-electron chi connectivity index (χ0n) is 13.5. The van der Waals surface area contributed by atoms with Gasteiger partial charge in [0.15, 0.2) is 0 Å². The molecule has 1 nitrogen and oxygen atoms in total. The van der Waals surface area contributed by atoms with Crippen LogP contribution in [0, 0.1) is 27.7 Å². The van der Waals surface area contributed by atoms with Crippen LogP contribution < -0.4 is 0 Å². The molecule has 0 saturated heterocycles. The summed E-state index contributed by atoms with van der Waals surface area (Å²) >= 11 is 0. The second-order valence-electron chi connectivity index (χ2n) is 3.41. The fraction of sp³-hybridized carbons (Fsp3) is 0.750. The monoisotopic (exact) mass is 294 g/mol. The first-order chi connectivity index (χ1) is 7.66. The molecule has 112 valence electrons. The van der Waals surface area contributed by atoms with Gasteiger partial charge in [0, 0.05) is 0 Å². The number of unbranched alkanes of at least 4 members (excludes halogenated alkanes) is 4. The molecule has 0 aliphatic carbocycles. The molecule has 0 bridgehead atoms.